The summed E-state index contributed by atoms with van der Waals surface area (Å²) < 4.78 is 24.5. The average Bonchev–Trinajstić information content (AvgIpc) is 2.85. The van der Waals surface area contributed by atoms with E-state index in [4.69, 9.17) is 0 Å². The Morgan fingerprint density at radius 1 is 1.26 bits per heavy atom. The van der Waals surface area contributed by atoms with Crippen molar-refractivity contribution in [1.82, 2.24) is 9.55 Å². The fourth-order valence-electron chi connectivity index (χ4n) is 1.88. The third-order valence-corrected chi connectivity index (χ3v) is 4.15. The molecule has 0 fully saturated rings. The molecule has 1 heterocycles. The average molecular weight is 278 g/mol. The monoisotopic (exact) mass is 278 g/mol. The topological polar surface area (TPSA) is 69.0 Å². The minimum atomic E-state index is -3.19. The lowest BCUT2D eigenvalue weighted by atomic mass is 10.1. The molecule has 0 aliphatic rings. The molecule has 2 aromatic rings. The number of carbonyl (C=O) groups is 1. The van der Waals surface area contributed by atoms with Crippen LogP contribution < -0.4 is 0 Å². The SMILES string of the molecule is C[C@H](c1ccc(S(C)(=O)=O)cc1)n1cncc1C=O. The Labute approximate surface area is 111 Å². The van der Waals surface area contributed by atoms with Crippen LogP contribution in [0.4, 0.5) is 0 Å². The summed E-state index contributed by atoms with van der Waals surface area (Å²) in [6.45, 7) is 1.92. The smallest absolute Gasteiger partial charge is 0.175 e. The number of hydrogen-bond donors (Lipinski definition) is 0. The first-order valence-electron chi connectivity index (χ1n) is 5.70. The number of aldehydes is 1. The fourth-order valence-corrected chi connectivity index (χ4v) is 2.51. The number of benzene rings is 1. The van der Waals surface area contributed by atoms with E-state index in [2.05, 4.69) is 4.98 Å². The quantitative estimate of drug-likeness (QED) is 0.798. The largest absolute Gasteiger partial charge is 0.321 e. The molecule has 0 saturated heterocycles. The summed E-state index contributed by atoms with van der Waals surface area (Å²) in [4.78, 5) is 15.1. The number of aromatic nitrogens is 2. The molecule has 2 rings (SSSR count). The first-order chi connectivity index (χ1) is 8.93. The molecule has 0 bridgehead atoms. The van der Waals surface area contributed by atoms with Gasteiger partial charge in [-0.2, -0.15) is 0 Å². The molecule has 19 heavy (non-hydrogen) atoms. The summed E-state index contributed by atoms with van der Waals surface area (Å²) in [5.41, 5.74) is 1.40. The lowest BCUT2D eigenvalue weighted by Crippen LogP contribution is -2.09. The van der Waals surface area contributed by atoms with Gasteiger partial charge in [-0.15, -0.1) is 0 Å². The summed E-state index contributed by atoms with van der Waals surface area (Å²) in [7, 11) is -3.19. The molecule has 1 aromatic carbocycles. The van der Waals surface area contributed by atoms with Crippen LogP contribution in [0, 0.1) is 0 Å². The van der Waals surface area contributed by atoms with E-state index in [-0.39, 0.29) is 10.9 Å². The Bertz CT molecular complexity index is 687. The molecule has 1 aromatic heterocycles. The van der Waals surface area contributed by atoms with Crippen molar-refractivity contribution in [3.05, 3.63) is 48.0 Å². The van der Waals surface area contributed by atoms with Gasteiger partial charge in [0.2, 0.25) is 0 Å². The zero-order valence-corrected chi connectivity index (χ0v) is 11.5. The van der Waals surface area contributed by atoms with E-state index in [1.165, 1.54) is 12.5 Å². The minimum absolute atomic E-state index is 0.0867. The van der Waals surface area contributed by atoms with Crippen molar-refractivity contribution >= 4 is 16.1 Å². The first kappa shape index (κ1) is 13.5. The Hall–Kier alpha value is -1.95. The summed E-state index contributed by atoms with van der Waals surface area (Å²) in [5, 5.41) is 0. The maximum absolute atomic E-state index is 11.4. The lowest BCUT2D eigenvalue weighted by molar-refractivity contribution is 0.111. The van der Waals surface area contributed by atoms with Gasteiger partial charge < -0.3 is 4.57 Å². The molecular weight excluding hydrogens is 264 g/mol. The maximum atomic E-state index is 11.4. The maximum Gasteiger partial charge on any atom is 0.175 e. The second-order valence-electron chi connectivity index (χ2n) is 4.36. The Morgan fingerprint density at radius 3 is 2.42 bits per heavy atom. The summed E-state index contributed by atoms with van der Waals surface area (Å²) in [6, 6.07) is 6.54. The van der Waals surface area contributed by atoms with Gasteiger partial charge in [0.15, 0.2) is 16.1 Å². The second kappa shape index (κ2) is 4.97. The van der Waals surface area contributed by atoms with Crippen molar-refractivity contribution in [3.63, 3.8) is 0 Å². The van der Waals surface area contributed by atoms with Gasteiger partial charge in [0, 0.05) is 6.26 Å². The number of nitrogens with zero attached hydrogens (tertiary/aromatic N) is 2. The van der Waals surface area contributed by atoms with E-state index in [0.29, 0.717) is 5.69 Å². The molecule has 0 unspecified atom stereocenters. The predicted octanol–water partition coefficient (Wildman–Crippen LogP) is 1.71. The van der Waals surface area contributed by atoms with Crippen LogP contribution in [-0.2, 0) is 9.84 Å². The van der Waals surface area contributed by atoms with Crippen molar-refractivity contribution in [2.45, 2.75) is 17.9 Å². The highest BCUT2D eigenvalue weighted by Gasteiger charge is 2.13. The van der Waals surface area contributed by atoms with Crippen LogP contribution in [-0.4, -0.2) is 30.5 Å². The molecule has 1 atom stereocenters. The van der Waals surface area contributed by atoms with Gasteiger partial charge in [0.05, 0.1) is 23.5 Å². The van der Waals surface area contributed by atoms with E-state index in [1.807, 2.05) is 6.92 Å². The fraction of sp³-hybridized carbons (Fsp3) is 0.231. The van der Waals surface area contributed by atoms with E-state index < -0.39 is 9.84 Å². The van der Waals surface area contributed by atoms with Gasteiger partial charge in [0.1, 0.15) is 5.69 Å². The van der Waals surface area contributed by atoms with Crippen molar-refractivity contribution in [3.8, 4) is 0 Å². The zero-order valence-electron chi connectivity index (χ0n) is 10.6. The number of imidazole rings is 1. The Morgan fingerprint density at radius 2 is 1.89 bits per heavy atom. The van der Waals surface area contributed by atoms with Gasteiger partial charge in [-0.05, 0) is 24.6 Å². The molecule has 0 aliphatic heterocycles. The third kappa shape index (κ3) is 2.73. The molecule has 5 nitrogen and oxygen atoms in total. The van der Waals surface area contributed by atoms with Crippen LogP contribution in [0.3, 0.4) is 0 Å². The van der Waals surface area contributed by atoms with Crippen LogP contribution in [0.2, 0.25) is 0 Å². The summed E-state index contributed by atoms with van der Waals surface area (Å²) in [6.07, 6.45) is 4.99. The van der Waals surface area contributed by atoms with Crippen molar-refractivity contribution in [1.29, 1.82) is 0 Å². The third-order valence-electron chi connectivity index (χ3n) is 3.02. The molecule has 0 saturated carbocycles. The van der Waals surface area contributed by atoms with E-state index in [0.717, 1.165) is 11.8 Å². The molecule has 0 N–H and O–H groups in total. The lowest BCUT2D eigenvalue weighted by Gasteiger charge is -2.15. The van der Waals surface area contributed by atoms with Gasteiger partial charge >= 0.3 is 0 Å². The van der Waals surface area contributed by atoms with Gasteiger partial charge in [-0.1, -0.05) is 12.1 Å². The van der Waals surface area contributed by atoms with Crippen LogP contribution in [0.1, 0.15) is 29.0 Å². The highest BCUT2D eigenvalue weighted by molar-refractivity contribution is 7.90. The molecule has 0 spiro atoms. The van der Waals surface area contributed by atoms with Gasteiger partial charge in [-0.3, -0.25) is 4.79 Å². The van der Waals surface area contributed by atoms with E-state index in [9.17, 15) is 13.2 Å². The molecule has 0 radical (unpaired) electrons. The zero-order chi connectivity index (χ0) is 14.0. The number of sulfone groups is 1. The molecule has 0 amide bonds. The van der Waals surface area contributed by atoms with Crippen molar-refractivity contribution < 1.29 is 13.2 Å². The number of hydrogen-bond acceptors (Lipinski definition) is 4. The molecule has 0 aliphatic carbocycles. The highest BCUT2D eigenvalue weighted by Crippen LogP contribution is 2.20. The summed E-state index contributed by atoms with van der Waals surface area (Å²) >= 11 is 0. The normalized spacial score (nSPS) is 13.2. The predicted molar refractivity (Wildman–Crippen MR) is 71.0 cm³/mol. The highest BCUT2D eigenvalue weighted by atomic mass is 32.2. The summed E-state index contributed by atoms with van der Waals surface area (Å²) in [5.74, 6) is 0. The minimum Gasteiger partial charge on any atom is -0.321 e. The van der Waals surface area contributed by atoms with Crippen LogP contribution in [0.25, 0.3) is 0 Å². The van der Waals surface area contributed by atoms with E-state index in [1.54, 1.807) is 35.2 Å². The number of rotatable bonds is 4. The van der Waals surface area contributed by atoms with Crippen LogP contribution >= 0.6 is 0 Å². The second-order valence-corrected chi connectivity index (χ2v) is 6.38. The van der Waals surface area contributed by atoms with Crippen molar-refractivity contribution in [2.75, 3.05) is 6.26 Å². The molecular formula is C13H14N2O3S. The molecule has 6 heteroatoms. The standard InChI is InChI=1S/C13H14N2O3S/c1-10(15-9-14-7-12(15)8-16)11-3-5-13(6-4-11)19(2,17)18/h3-10H,1-2H3/t10-/m1/s1. The Balaban J connectivity index is 2.35. The Kier molecular flexibility index (Phi) is 3.53. The van der Waals surface area contributed by atoms with E-state index >= 15 is 0 Å². The molecule has 100 valence electrons. The van der Waals surface area contributed by atoms with Crippen LogP contribution in [0.15, 0.2) is 41.7 Å². The van der Waals surface area contributed by atoms with Crippen molar-refractivity contribution in [2.24, 2.45) is 0 Å². The van der Waals surface area contributed by atoms with Crippen LogP contribution in [0.5, 0.6) is 0 Å². The first-order valence-corrected chi connectivity index (χ1v) is 7.59. The number of carbonyl (C=O) groups excluding carboxylic acids is 1. The van der Waals surface area contributed by atoms with Gasteiger partial charge in [-0.25, -0.2) is 13.4 Å². The van der Waals surface area contributed by atoms with Gasteiger partial charge in [0.25, 0.3) is 0 Å².